The van der Waals surface area contributed by atoms with Crippen LogP contribution in [0, 0.1) is 0 Å². The van der Waals surface area contributed by atoms with E-state index in [0.29, 0.717) is 11.4 Å². The zero-order chi connectivity index (χ0) is 10.0. The van der Waals surface area contributed by atoms with E-state index < -0.39 is 5.91 Å². The molecule has 4 heteroatoms. The van der Waals surface area contributed by atoms with Crippen LogP contribution >= 0.6 is 0 Å². The summed E-state index contributed by atoms with van der Waals surface area (Å²) in [6.07, 6.45) is 0. The number of hydrogen-bond acceptors (Lipinski definition) is 3. The number of carbonyl (C=O) groups is 1. The molecule has 4 N–H and O–H groups in total. The standard InChI is InChI=1S/C9H13N3O/c1-5(2)7-3-6(9(11)13)4-8(10)12-7/h3-5H,1-2H3,(H2,10,12)(H2,11,13). The number of rotatable bonds is 2. The van der Waals surface area contributed by atoms with Gasteiger partial charge in [0.15, 0.2) is 0 Å². The first-order chi connectivity index (χ1) is 6.00. The number of aromatic nitrogens is 1. The van der Waals surface area contributed by atoms with Gasteiger partial charge in [0.2, 0.25) is 5.91 Å². The highest BCUT2D eigenvalue weighted by Gasteiger charge is 2.07. The lowest BCUT2D eigenvalue weighted by molar-refractivity contribution is 0.1000. The molecule has 13 heavy (non-hydrogen) atoms. The lowest BCUT2D eigenvalue weighted by Crippen LogP contribution is -2.13. The van der Waals surface area contributed by atoms with E-state index >= 15 is 0 Å². The minimum absolute atomic E-state index is 0.238. The summed E-state index contributed by atoms with van der Waals surface area (Å²) in [5.41, 5.74) is 11.8. The molecule has 0 saturated heterocycles. The Hall–Kier alpha value is -1.58. The third-order valence-corrected chi connectivity index (χ3v) is 1.74. The fraction of sp³-hybridized carbons (Fsp3) is 0.333. The van der Waals surface area contributed by atoms with Crippen molar-refractivity contribution in [2.75, 3.05) is 5.73 Å². The van der Waals surface area contributed by atoms with Crippen molar-refractivity contribution in [3.8, 4) is 0 Å². The van der Waals surface area contributed by atoms with Crippen molar-refractivity contribution < 1.29 is 4.79 Å². The van der Waals surface area contributed by atoms with Crippen LogP contribution in [-0.4, -0.2) is 10.9 Å². The van der Waals surface area contributed by atoms with Crippen molar-refractivity contribution in [2.24, 2.45) is 5.73 Å². The highest BCUT2D eigenvalue weighted by Crippen LogP contribution is 2.15. The lowest BCUT2D eigenvalue weighted by Gasteiger charge is -2.06. The number of amides is 1. The molecule has 0 fully saturated rings. The number of nitrogen functional groups attached to an aromatic ring is 1. The number of nitrogens with two attached hydrogens (primary N) is 2. The normalized spacial score (nSPS) is 10.4. The Balaban J connectivity index is 3.19. The molecule has 1 aromatic rings. The molecule has 0 radical (unpaired) electrons. The van der Waals surface area contributed by atoms with Crippen molar-refractivity contribution in [3.63, 3.8) is 0 Å². The molecule has 0 bridgehead atoms. The van der Waals surface area contributed by atoms with Crippen LogP contribution in [0.3, 0.4) is 0 Å². The molecule has 0 aromatic carbocycles. The molecular weight excluding hydrogens is 166 g/mol. The monoisotopic (exact) mass is 179 g/mol. The maximum Gasteiger partial charge on any atom is 0.248 e. The van der Waals surface area contributed by atoms with Crippen LogP contribution in [0.4, 0.5) is 5.82 Å². The van der Waals surface area contributed by atoms with E-state index in [2.05, 4.69) is 4.98 Å². The highest BCUT2D eigenvalue weighted by molar-refractivity contribution is 5.93. The molecule has 0 aliphatic heterocycles. The minimum Gasteiger partial charge on any atom is -0.384 e. The summed E-state index contributed by atoms with van der Waals surface area (Å²) >= 11 is 0. The van der Waals surface area contributed by atoms with Crippen LogP contribution in [0.15, 0.2) is 12.1 Å². The minimum atomic E-state index is -0.476. The maximum atomic E-state index is 10.9. The Morgan fingerprint density at radius 2 is 2.08 bits per heavy atom. The zero-order valence-corrected chi connectivity index (χ0v) is 7.74. The molecule has 1 amide bonds. The van der Waals surface area contributed by atoms with Crippen molar-refractivity contribution >= 4 is 11.7 Å². The van der Waals surface area contributed by atoms with Crippen LogP contribution in [0.5, 0.6) is 0 Å². The fourth-order valence-corrected chi connectivity index (χ4v) is 1.01. The van der Waals surface area contributed by atoms with E-state index in [9.17, 15) is 4.79 Å². The van der Waals surface area contributed by atoms with Gasteiger partial charge in [-0.15, -0.1) is 0 Å². The van der Waals surface area contributed by atoms with E-state index in [4.69, 9.17) is 11.5 Å². The molecule has 0 aliphatic rings. The fourth-order valence-electron chi connectivity index (χ4n) is 1.01. The summed E-state index contributed by atoms with van der Waals surface area (Å²) in [5, 5.41) is 0. The average Bonchev–Trinajstić information content (AvgIpc) is 2.03. The van der Waals surface area contributed by atoms with Crippen molar-refractivity contribution in [2.45, 2.75) is 19.8 Å². The molecule has 1 aromatic heterocycles. The van der Waals surface area contributed by atoms with Gasteiger partial charge in [-0.3, -0.25) is 4.79 Å². The molecule has 0 spiro atoms. The van der Waals surface area contributed by atoms with Gasteiger partial charge < -0.3 is 11.5 Å². The van der Waals surface area contributed by atoms with Crippen LogP contribution in [0.2, 0.25) is 0 Å². The Morgan fingerprint density at radius 1 is 1.46 bits per heavy atom. The predicted molar refractivity (Wildman–Crippen MR) is 51.3 cm³/mol. The third-order valence-electron chi connectivity index (χ3n) is 1.74. The summed E-state index contributed by atoms with van der Waals surface area (Å²) in [7, 11) is 0. The summed E-state index contributed by atoms with van der Waals surface area (Å²) in [6.45, 7) is 3.96. The van der Waals surface area contributed by atoms with Crippen LogP contribution in [0.25, 0.3) is 0 Å². The summed E-state index contributed by atoms with van der Waals surface area (Å²) in [6, 6.07) is 3.15. The van der Waals surface area contributed by atoms with E-state index in [1.165, 1.54) is 6.07 Å². The van der Waals surface area contributed by atoms with E-state index in [0.717, 1.165) is 5.69 Å². The molecule has 0 aliphatic carbocycles. The second kappa shape index (κ2) is 3.43. The molecule has 0 unspecified atom stereocenters. The molecular formula is C9H13N3O. The van der Waals surface area contributed by atoms with Gasteiger partial charge in [0, 0.05) is 11.3 Å². The SMILES string of the molecule is CC(C)c1cc(C(N)=O)cc(N)n1. The number of primary amides is 1. The topological polar surface area (TPSA) is 82.0 Å². The van der Waals surface area contributed by atoms with Gasteiger partial charge >= 0.3 is 0 Å². The van der Waals surface area contributed by atoms with Gasteiger partial charge in [0.05, 0.1) is 0 Å². The molecule has 1 heterocycles. The van der Waals surface area contributed by atoms with Crippen LogP contribution in [0.1, 0.15) is 35.8 Å². The number of carbonyl (C=O) groups excluding carboxylic acids is 1. The number of pyridine rings is 1. The molecule has 1 rings (SSSR count). The van der Waals surface area contributed by atoms with Crippen molar-refractivity contribution in [1.82, 2.24) is 4.98 Å². The second-order valence-electron chi connectivity index (χ2n) is 3.22. The largest absolute Gasteiger partial charge is 0.384 e. The Morgan fingerprint density at radius 3 is 2.54 bits per heavy atom. The molecule has 0 saturated carbocycles. The van der Waals surface area contributed by atoms with Gasteiger partial charge in [-0.1, -0.05) is 13.8 Å². The van der Waals surface area contributed by atoms with E-state index in [-0.39, 0.29) is 5.92 Å². The number of hydrogen-bond donors (Lipinski definition) is 2. The average molecular weight is 179 g/mol. The van der Waals surface area contributed by atoms with Crippen molar-refractivity contribution in [1.29, 1.82) is 0 Å². The Kier molecular flexibility index (Phi) is 2.51. The summed E-state index contributed by atoms with van der Waals surface area (Å²) in [4.78, 5) is 15.0. The first-order valence-corrected chi connectivity index (χ1v) is 4.08. The lowest BCUT2D eigenvalue weighted by atomic mass is 10.1. The maximum absolute atomic E-state index is 10.9. The van der Waals surface area contributed by atoms with Gasteiger partial charge in [0.1, 0.15) is 5.82 Å². The van der Waals surface area contributed by atoms with Crippen LogP contribution in [-0.2, 0) is 0 Å². The van der Waals surface area contributed by atoms with Gasteiger partial charge in [0.25, 0.3) is 0 Å². The molecule has 0 atom stereocenters. The van der Waals surface area contributed by atoms with E-state index in [1.54, 1.807) is 6.07 Å². The van der Waals surface area contributed by atoms with E-state index in [1.807, 2.05) is 13.8 Å². The quantitative estimate of drug-likeness (QED) is 0.707. The Bertz CT molecular complexity index is 334. The zero-order valence-electron chi connectivity index (χ0n) is 7.74. The smallest absolute Gasteiger partial charge is 0.248 e. The predicted octanol–water partition coefficient (Wildman–Crippen LogP) is 0.886. The number of anilines is 1. The summed E-state index contributed by atoms with van der Waals surface area (Å²) in [5.74, 6) is 0.0950. The second-order valence-corrected chi connectivity index (χ2v) is 3.22. The first-order valence-electron chi connectivity index (χ1n) is 4.08. The number of nitrogens with zero attached hydrogens (tertiary/aromatic N) is 1. The van der Waals surface area contributed by atoms with Gasteiger partial charge in [-0.2, -0.15) is 0 Å². The van der Waals surface area contributed by atoms with Gasteiger partial charge in [-0.25, -0.2) is 4.98 Å². The van der Waals surface area contributed by atoms with Gasteiger partial charge in [-0.05, 0) is 18.1 Å². The molecule has 70 valence electrons. The third kappa shape index (κ3) is 2.18. The van der Waals surface area contributed by atoms with Crippen molar-refractivity contribution in [3.05, 3.63) is 23.4 Å². The Labute approximate surface area is 77.0 Å². The summed E-state index contributed by atoms with van der Waals surface area (Å²) < 4.78 is 0. The molecule has 4 nitrogen and oxygen atoms in total. The van der Waals surface area contributed by atoms with Crippen LogP contribution < -0.4 is 11.5 Å². The first kappa shape index (κ1) is 9.51. The highest BCUT2D eigenvalue weighted by atomic mass is 16.1.